The lowest BCUT2D eigenvalue weighted by Crippen LogP contribution is -2.31. The number of aromatic amines is 1. The molecule has 7 heteroatoms. The van der Waals surface area contributed by atoms with E-state index in [1.54, 1.807) is 6.33 Å². The molecule has 4 rings (SSSR count). The second-order valence-corrected chi connectivity index (χ2v) is 6.13. The summed E-state index contributed by atoms with van der Waals surface area (Å²) >= 11 is 0. The zero-order valence-corrected chi connectivity index (χ0v) is 13.0. The van der Waals surface area contributed by atoms with E-state index in [0.717, 1.165) is 16.6 Å². The molecule has 1 atom stereocenters. The van der Waals surface area contributed by atoms with E-state index < -0.39 is 0 Å². The Morgan fingerprint density at radius 1 is 1.39 bits per heavy atom. The Morgan fingerprint density at radius 3 is 3.04 bits per heavy atom. The van der Waals surface area contributed by atoms with Crippen molar-refractivity contribution in [3.63, 3.8) is 0 Å². The van der Waals surface area contributed by atoms with E-state index in [1.165, 1.54) is 0 Å². The number of amides is 1. The summed E-state index contributed by atoms with van der Waals surface area (Å²) in [5, 5.41) is 4.07. The smallest absolute Gasteiger partial charge is 0.232 e. The molecular formula is C16H17N5O2. The zero-order valence-electron chi connectivity index (χ0n) is 13.0. The molecule has 1 fully saturated rings. The van der Waals surface area contributed by atoms with Gasteiger partial charge in [0, 0.05) is 24.6 Å². The van der Waals surface area contributed by atoms with Crippen molar-refractivity contribution in [2.45, 2.75) is 32.2 Å². The minimum Gasteiger partial charge on any atom is -0.345 e. The van der Waals surface area contributed by atoms with Gasteiger partial charge in [0.25, 0.3) is 0 Å². The summed E-state index contributed by atoms with van der Waals surface area (Å²) in [5.41, 5.74) is 2.68. The molecule has 2 aromatic heterocycles. The molecule has 0 aliphatic carbocycles. The van der Waals surface area contributed by atoms with Crippen molar-refractivity contribution >= 4 is 16.9 Å². The van der Waals surface area contributed by atoms with Crippen LogP contribution in [-0.4, -0.2) is 43.5 Å². The number of likely N-dealkylation sites (tertiary alicyclic amines) is 1. The largest absolute Gasteiger partial charge is 0.345 e. The molecule has 0 spiro atoms. The molecule has 0 bridgehead atoms. The summed E-state index contributed by atoms with van der Waals surface area (Å²) in [5.74, 6) is 1.18. The third-order valence-corrected chi connectivity index (χ3v) is 4.25. The number of benzene rings is 1. The highest BCUT2D eigenvalue weighted by atomic mass is 16.5. The second-order valence-electron chi connectivity index (χ2n) is 6.13. The van der Waals surface area contributed by atoms with Gasteiger partial charge in [-0.25, -0.2) is 4.98 Å². The summed E-state index contributed by atoms with van der Waals surface area (Å²) in [6.07, 6.45) is 2.08. The van der Waals surface area contributed by atoms with Gasteiger partial charge in [-0.05, 0) is 32.0 Å². The fourth-order valence-corrected chi connectivity index (χ4v) is 2.99. The monoisotopic (exact) mass is 311 g/mol. The van der Waals surface area contributed by atoms with Gasteiger partial charge in [-0.2, -0.15) is 4.98 Å². The quantitative estimate of drug-likeness (QED) is 0.802. The predicted molar refractivity (Wildman–Crippen MR) is 83.6 cm³/mol. The van der Waals surface area contributed by atoms with Crippen molar-refractivity contribution in [1.29, 1.82) is 0 Å². The van der Waals surface area contributed by atoms with E-state index in [0.29, 0.717) is 24.7 Å². The number of fused-ring (bicyclic) bond motifs is 1. The van der Waals surface area contributed by atoms with E-state index in [2.05, 4.69) is 20.1 Å². The van der Waals surface area contributed by atoms with Crippen LogP contribution < -0.4 is 0 Å². The average molecular weight is 311 g/mol. The van der Waals surface area contributed by atoms with E-state index >= 15 is 0 Å². The van der Waals surface area contributed by atoms with Gasteiger partial charge in [-0.15, -0.1) is 0 Å². The van der Waals surface area contributed by atoms with Crippen LogP contribution in [-0.2, 0) is 4.79 Å². The van der Waals surface area contributed by atoms with Crippen LogP contribution in [0.5, 0.6) is 0 Å². The van der Waals surface area contributed by atoms with Gasteiger partial charge < -0.3 is 14.4 Å². The predicted octanol–water partition coefficient (Wildman–Crippen LogP) is 2.34. The maximum Gasteiger partial charge on any atom is 0.232 e. The molecular weight excluding hydrogens is 294 g/mol. The SMILES string of the molecule is CC(C)N1CC(c2nc(-c3ccc4nc[nH]c4c3)no2)CC1=O. The standard InChI is InChI=1S/C16H17N5O2/c1-9(2)21-7-11(6-14(21)22)16-19-15(20-23-16)10-3-4-12-13(5-10)18-8-17-12/h3-5,8-9,11H,6-7H2,1-2H3,(H,17,18). The lowest BCUT2D eigenvalue weighted by Gasteiger charge is -2.20. The van der Waals surface area contributed by atoms with Crippen LogP contribution in [0.15, 0.2) is 29.0 Å². The number of carbonyl (C=O) groups is 1. The molecule has 1 aliphatic heterocycles. The number of rotatable bonds is 3. The number of hydrogen-bond donors (Lipinski definition) is 1. The molecule has 0 saturated carbocycles. The Balaban J connectivity index is 1.60. The van der Waals surface area contributed by atoms with Crippen molar-refractivity contribution in [3.8, 4) is 11.4 Å². The minimum atomic E-state index is -0.0259. The van der Waals surface area contributed by atoms with Crippen molar-refractivity contribution in [2.24, 2.45) is 0 Å². The third-order valence-electron chi connectivity index (χ3n) is 4.25. The minimum absolute atomic E-state index is 0.0259. The first kappa shape index (κ1) is 13.9. The number of carbonyl (C=O) groups excluding carboxylic acids is 1. The molecule has 23 heavy (non-hydrogen) atoms. The Kier molecular flexibility index (Phi) is 3.14. The number of H-pyrrole nitrogens is 1. The normalized spacial score (nSPS) is 18.5. The molecule has 3 aromatic rings. The molecule has 1 aliphatic rings. The molecule has 1 unspecified atom stereocenters. The molecule has 1 N–H and O–H groups in total. The van der Waals surface area contributed by atoms with Gasteiger partial charge in [-0.1, -0.05) is 5.16 Å². The highest BCUT2D eigenvalue weighted by molar-refractivity contribution is 5.80. The van der Waals surface area contributed by atoms with Gasteiger partial charge in [0.15, 0.2) is 0 Å². The van der Waals surface area contributed by atoms with Gasteiger partial charge in [0.05, 0.1) is 23.3 Å². The highest BCUT2D eigenvalue weighted by Gasteiger charge is 2.35. The van der Waals surface area contributed by atoms with Crippen molar-refractivity contribution < 1.29 is 9.32 Å². The van der Waals surface area contributed by atoms with Gasteiger partial charge in [-0.3, -0.25) is 4.79 Å². The van der Waals surface area contributed by atoms with Crippen molar-refractivity contribution in [1.82, 2.24) is 25.0 Å². The van der Waals surface area contributed by atoms with E-state index in [4.69, 9.17) is 4.52 Å². The first-order valence-electron chi connectivity index (χ1n) is 7.68. The van der Waals surface area contributed by atoms with Crippen LogP contribution in [0.1, 0.15) is 32.1 Å². The molecule has 1 amide bonds. The van der Waals surface area contributed by atoms with E-state index in [-0.39, 0.29) is 17.9 Å². The van der Waals surface area contributed by atoms with Crippen LogP contribution in [0, 0.1) is 0 Å². The molecule has 1 saturated heterocycles. The molecule has 7 nitrogen and oxygen atoms in total. The van der Waals surface area contributed by atoms with Gasteiger partial charge >= 0.3 is 0 Å². The first-order chi connectivity index (χ1) is 11.1. The Hall–Kier alpha value is -2.70. The lowest BCUT2D eigenvalue weighted by atomic mass is 10.1. The van der Waals surface area contributed by atoms with Crippen LogP contribution in [0.2, 0.25) is 0 Å². The number of nitrogens with zero attached hydrogens (tertiary/aromatic N) is 4. The summed E-state index contributed by atoms with van der Waals surface area (Å²) < 4.78 is 5.41. The molecule has 0 radical (unpaired) electrons. The van der Waals surface area contributed by atoms with E-state index in [9.17, 15) is 4.79 Å². The topological polar surface area (TPSA) is 87.9 Å². The zero-order chi connectivity index (χ0) is 16.0. The van der Waals surface area contributed by atoms with Crippen molar-refractivity contribution in [3.05, 3.63) is 30.4 Å². The highest BCUT2D eigenvalue weighted by Crippen LogP contribution is 2.30. The first-order valence-corrected chi connectivity index (χ1v) is 7.68. The average Bonchev–Trinajstić information content (AvgIpc) is 3.24. The summed E-state index contributed by atoms with van der Waals surface area (Å²) in [4.78, 5) is 25.6. The van der Waals surface area contributed by atoms with Gasteiger partial charge in [0.2, 0.25) is 17.6 Å². The molecule has 1 aromatic carbocycles. The van der Waals surface area contributed by atoms with Crippen LogP contribution in [0.25, 0.3) is 22.4 Å². The summed E-state index contributed by atoms with van der Waals surface area (Å²) in [6.45, 7) is 4.66. The third kappa shape index (κ3) is 2.38. The number of aromatic nitrogens is 4. The Morgan fingerprint density at radius 2 is 2.26 bits per heavy atom. The number of nitrogens with one attached hydrogen (secondary N) is 1. The molecule has 3 heterocycles. The Bertz CT molecular complexity index is 866. The fraction of sp³-hybridized carbons (Fsp3) is 0.375. The second kappa shape index (κ2) is 5.19. The maximum absolute atomic E-state index is 12.0. The number of hydrogen-bond acceptors (Lipinski definition) is 5. The van der Waals surface area contributed by atoms with Crippen LogP contribution in [0.4, 0.5) is 0 Å². The Labute approximate surface area is 132 Å². The fourth-order valence-electron chi connectivity index (χ4n) is 2.99. The maximum atomic E-state index is 12.0. The van der Waals surface area contributed by atoms with Gasteiger partial charge in [0.1, 0.15) is 0 Å². The molecule has 118 valence electrons. The van der Waals surface area contributed by atoms with Crippen molar-refractivity contribution in [2.75, 3.05) is 6.54 Å². The van der Waals surface area contributed by atoms with Crippen LogP contribution in [0.3, 0.4) is 0 Å². The van der Waals surface area contributed by atoms with Crippen LogP contribution >= 0.6 is 0 Å². The van der Waals surface area contributed by atoms with E-state index in [1.807, 2.05) is 36.9 Å². The number of imidazole rings is 1. The lowest BCUT2D eigenvalue weighted by molar-refractivity contribution is -0.129. The summed E-state index contributed by atoms with van der Waals surface area (Å²) in [6, 6.07) is 5.96. The summed E-state index contributed by atoms with van der Waals surface area (Å²) in [7, 11) is 0.